The van der Waals surface area contributed by atoms with Crippen molar-refractivity contribution in [2.24, 2.45) is 5.92 Å². The molecular formula is C15H21N3O. The molecule has 1 aromatic rings. The Morgan fingerprint density at radius 1 is 1.47 bits per heavy atom. The normalized spacial score (nSPS) is 25.7. The number of rotatable bonds is 3. The smallest absolute Gasteiger partial charge is 0.238 e. The Hall–Kier alpha value is -1.55. The molecule has 1 aliphatic heterocycles. The first-order valence-corrected chi connectivity index (χ1v) is 7.02. The van der Waals surface area contributed by atoms with E-state index in [1.54, 1.807) is 0 Å². The Kier molecular flexibility index (Phi) is 3.19. The van der Waals surface area contributed by atoms with Gasteiger partial charge in [-0.25, -0.2) is 0 Å². The number of hydrogen-bond acceptors (Lipinski definition) is 3. The summed E-state index contributed by atoms with van der Waals surface area (Å²) in [4.78, 5) is 14.4. The molecule has 19 heavy (non-hydrogen) atoms. The number of likely N-dealkylation sites (tertiary alicyclic amines) is 1. The number of hydrogen-bond donors (Lipinski definition) is 2. The lowest BCUT2D eigenvalue weighted by molar-refractivity contribution is -0.117. The zero-order chi connectivity index (χ0) is 13.4. The highest BCUT2D eigenvalue weighted by atomic mass is 16.2. The molecule has 102 valence electrons. The summed E-state index contributed by atoms with van der Waals surface area (Å²) in [5, 5.41) is 2.98. The average molecular weight is 259 g/mol. The highest BCUT2D eigenvalue weighted by Gasteiger charge is 2.38. The quantitative estimate of drug-likeness (QED) is 0.816. The number of fused-ring (bicyclic) bond motifs is 2. The van der Waals surface area contributed by atoms with Crippen LogP contribution in [-0.2, 0) is 4.79 Å². The van der Waals surface area contributed by atoms with Crippen LogP contribution >= 0.6 is 0 Å². The van der Waals surface area contributed by atoms with Crippen molar-refractivity contribution in [3.8, 4) is 0 Å². The summed E-state index contributed by atoms with van der Waals surface area (Å²) < 4.78 is 0. The second-order valence-corrected chi connectivity index (χ2v) is 5.88. The van der Waals surface area contributed by atoms with Crippen LogP contribution in [0, 0.1) is 12.8 Å². The molecule has 2 bridgehead atoms. The lowest BCUT2D eigenvalue weighted by atomic mass is 10.1. The molecule has 0 aromatic heterocycles. The number of carbonyl (C=O) groups is 1. The number of anilines is 2. The third-order valence-corrected chi connectivity index (χ3v) is 4.41. The van der Waals surface area contributed by atoms with Crippen LogP contribution in [0.1, 0.15) is 24.8 Å². The first-order chi connectivity index (χ1) is 9.11. The third-order valence-electron chi connectivity index (χ3n) is 4.41. The molecule has 3 N–H and O–H groups in total. The molecule has 1 amide bonds. The van der Waals surface area contributed by atoms with Crippen LogP contribution in [0.3, 0.4) is 0 Å². The van der Waals surface area contributed by atoms with Gasteiger partial charge in [-0.1, -0.05) is 6.07 Å². The van der Waals surface area contributed by atoms with Gasteiger partial charge in [-0.3, -0.25) is 9.69 Å². The number of piperidine rings is 1. The predicted octanol–water partition coefficient (Wildman–Crippen LogP) is 2.00. The molecule has 2 aliphatic rings. The number of carbonyl (C=O) groups excluding carboxylic acids is 1. The van der Waals surface area contributed by atoms with E-state index in [1.807, 2.05) is 25.1 Å². The average Bonchev–Trinajstić information content (AvgIpc) is 2.96. The predicted molar refractivity (Wildman–Crippen MR) is 76.9 cm³/mol. The molecule has 4 heteroatoms. The number of nitrogens with two attached hydrogens (primary N) is 1. The van der Waals surface area contributed by atoms with E-state index in [0.717, 1.165) is 23.7 Å². The Morgan fingerprint density at radius 2 is 2.32 bits per heavy atom. The van der Waals surface area contributed by atoms with Crippen molar-refractivity contribution in [3.63, 3.8) is 0 Å². The van der Waals surface area contributed by atoms with Crippen LogP contribution in [0.25, 0.3) is 0 Å². The van der Waals surface area contributed by atoms with Crippen molar-refractivity contribution in [2.45, 2.75) is 32.2 Å². The summed E-state index contributed by atoms with van der Waals surface area (Å²) in [7, 11) is 0. The summed E-state index contributed by atoms with van der Waals surface area (Å²) in [6.07, 6.45) is 3.89. The van der Waals surface area contributed by atoms with Gasteiger partial charge in [0.1, 0.15) is 0 Å². The van der Waals surface area contributed by atoms with Crippen molar-refractivity contribution in [2.75, 3.05) is 24.1 Å². The Bertz CT molecular complexity index is 500. The summed E-state index contributed by atoms with van der Waals surface area (Å²) in [5.41, 5.74) is 8.31. The lowest BCUT2D eigenvalue weighted by Gasteiger charge is -2.26. The number of nitrogen functional groups attached to an aromatic ring is 1. The fourth-order valence-electron chi connectivity index (χ4n) is 3.37. The van der Waals surface area contributed by atoms with Gasteiger partial charge in [-0.2, -0.15) is 0 Å². The molecule has 1 saturated carbocycles. The van der Waals surface area contributed by atoms with E-state index >= 15 is 0 Å². The second-order valence-electron chi connectivity index (χ2n) is 5.88. The number of nitrogens with zero attached hydrogens (tertiary/aromatic N) is 1. The molecule has 2 unspecified atom stereocenters. The Balaban J connectivity index is 1.61. The van der Waals surface area contributed by atoms with Gasteiger partial charge in [0.05, 0.1) is 6.54 Å². The van der Waals surface area contributed by atoms with E-state index in [9.17, 15) is 4.79 Å². The van der Waals surface area contributed by atoms with Crippen LogP contribution in [0.4, 0.5) is 11.4 Å². The number of benzene rings is 1. The molecule has 2 atom stereocenters. The van der Waals surface area contributed by atoms with Crippen LogP contribution in [0.15, 0.2) is 18.2 Å². The number of amides is 1. The summed E-state index contributed by atoms with van der Waals surface area (Å²) >= 11 is 0. The monoisotopic (exact) mass is 259 g/mol. The van der Waals surface area contributed by atoms with E-state index in [0.29, 0.717) is 18.3 Å². The molecule has 1 saturated heterocycles. The first kappa shape index (κ1) is 12.5. The van der Waals surface area contributed by atoms with Gasteiger partial charge in [0.25, 0.3) is 0 Å². The van der Waals surface area contributed by atoms with Crippen molar-refractivity contribution >= 4 is 17.3 Å². The van der Waals surface area contributed by atoms with Gasteiger partial charge < -0.3 is 11.1 Å². The molecule has 4 nitrogen and oxygen atoms in total. The zero-order valence-corrected chi connectivity index (χ0v) is 11.4. The molecule has 1 aromatic carbocycles. The molecule has 1 aliphatic carbocycles. The van der Waals surface area contributed by atoms with Crippen LogP contribution in [-0.4, -0.2) is 29.9 Å². The minimum absolute atomic E-state index is 0.0706. The molecular weight excluding hydrogens is 238 g/mol. The minimum Gasteiger partial charge on any atom is -0.399 e. The Morgan fingerprint density at radius 3 is 3.00 bits per heavy atom. The molecule has 1 heterocycles. The van der Waals surface area contributed by atoms with Gasteiger partial charge in [0.15, 0.2) is 0 Å². The molecule has 0 spiro atoms. The van der Waals surface area contributed by atoms with Gasteiger partial charge in [-0.15, -0.1) is 0 Å². The summed E-state index contributed by atoms with van der Waals surface area (Å²) in [6, 6.07) is 6.24. The fraction of sp³-hybridized carbons (Fsp3) is 0.533. The topological polar surface area (TPSA) is 58.4 Å². The zero-order valence-electron chi connectivity index (χ0n) is 11.4. The van der Waals surface area contributed by atoms with E-state index in [4.69, 9.17) is 5.73 Å². The van der Waals surface area contributed by atoms with Crippen LogP contribution in [0.5, 0.6) is 0 Å². The van der Waals surface area contributed by atoms with Gasteiger partial charge in [-0.05, 0) is 49.8 Å². The van der Waals surface area contributed by atoms with E-state index in [-0.39, 0.29) is 5.91 Å². The molecule has 0 radical (unpaired) electrons. The van der Waals surface area contributed by atoms with E-state index < -0.39 is 0 Å². The standard InChI is InChI=1S/C15H21N3O/c1-10-2-4-12(16)7-14(10)17-15(19)9-18-8-11-3-5-13(18)6-11/h2,4,7,11,13H,3,5-6,8-9,16H2,1H3,(H,17,19). The highest BCUT2D eigenvalue weighted by molar-refractivity contribution is 5.93. The second kappa shape index (κ2) is 4.85. The minimum atomic E-state index is 0.0706. The largest absolute Gasteiger partial charge is 0.399 e. The highest BCUT2D eigenvalue weighted by Crippen LogP contribution is 2.37. The number of aryl methyl sites for hydroxylation is 1. The SMILES string of the molecule is Cc1ccc(N)cc1NC(=O)CN1CC2CCC1C2. The van der Waals surface area contributed by atoms with E-state index in [2.05, 4.69) is 10.2 Å². The maximum Gasteiger partial charge on any atom is 0.238 e. The van der Waals surface area contributed by atoms with Gasteiger partial charge in [0, 0.05) is 24.0 Å². The van der Waals surface area contributed by atoms with Gasteiger partial charge >= 0.3 is 0 Å². The van der Waals surface area contributed by atoms with Crippen molar-refractivity contribution in [3.05, 3.63) is 23.8 Å². The van der Waals surface area contributed by atoms with Crippen molar-refractivity contribution in [1.29, 1.82) is 0 Å². The maximum absolute atomic E-state index is 12.1. The van der Waals surface area contributed by atoms with Crippen molar-refractivity contribution in [1.82, 2.24) is 4.90 Å². The summed E-state index contributed by atoms with van der Waals surface area (Å²) in [5.74, 6) is 0.896. The maximum atomic E-state index is 12.1. The van der Waals surface area contributed by atoms with Crippen LogP contribution in [0.2, 0.25) is 0 Å². The van der Waals surface area contributed by atoms with Crippen LogP contribution < -0.4 is 11.1 Å². The third kappa shape index (κ3) is 2.59. The molecule has 2 fully saturated rings. The number of nitrogens with one attached hydrogen (secondary N) is 1. The van der Waals surface area contributed by atoms with Gasteiger partial charge in [0.2, 0.25) is 5.91 Å². The first-order valence-electron chi connectivity index (χ1n) is 7.02. The fourth-order valence-corrected chi connectivity index (χ4v) is 3.37. The molecule has 3 rings (SSSR count). The lowest BCUT2D eigenvalue weighted by Crippen LogP contribution is -2.38. The van der Waals surface area contributed by atoms with Crippen molar-refractivity contribution < 1.29 is 4.79 Å². The summed E-state index contributed by atoms with van der Waals surface area (Å²) in [6.45, 7) is 3.58. The Labute approximate surface area is 114 Å². The van der Waals surface area contributed by atoms with E-state index in [1.165, 1.54) is 19.3 Å².